The van der Waals surface area contributed by atoms with E-state index in [9.17, 15) is 9.59 Å². The van der Waals surface area contributed by atoms with Crippen molar-refractivity contribution >= 4 is 50.7 Å². The summed E-state index contributed by atoms with van der Waals surface area (Å²) < 4.78 is 0.244. The molecule has 0 aliphatic rings. The third kappa shape index (κ3) is 2.72. The molecule has 0 unspecified atom stereocenters. The number of hydrogen-bond donors (Lipinski definition) is 0. The van der Waals surface area contributed by atoms with Crippen molar-refractivity contribution < 1.29 is 0 Å². The van der Waals surface area contributed by atoms with E-state index in [0.717, 1.165) is 9.13 Å². The van der Waals surface area contributed by atoms with Crippen molar-refractivity contribution in [3.8, 4) is 0 Å². The van der Waals surface area contributed by atoms with E-state index in [4.69, 9.17) is 34.8 Å². The number of aromatic nitrogens is 2. The second-order valence-electron chi connectivity index (χ2n) is 3.75. The predicted molar refractivity (Wildman–Crippen MR) is 73.3 cm³/mol. The van der Waals surface area contributed by atoms with Crippen LogP contribution >= 0.6 is 50.7 Å². The maximum atomic E-state index is 12.1. The molecular weight excluding hydrogens is 354 g/mol. The van der Waals surface area contributed by atoms with Crippen molar-refractivity contribution in [2.45, 2.75) is 30.7 Å². The molecule has 0 aromatic carbocycles. The van der Waals surface area contributed by atoms with E-state index in [2.05, 4.69) is 15.9 Å². The Kier molecular flexibility index (Phi) is 4.40. The van der Waals surface area contributed by atoms with Gasteiger partial charge in [0.2, 0.25) is 0 Å². The predicted octanol–water partition coefficient (Wildman–Crippen LogP) is 2.95. The summed E-state index contributed by atoms with van der Waals surface area (Å²) in [7, 11) is 0. The van der Waals surface area contributed by atoms with Crippen molar-refractivity contribution in [3.63, 3.8) is 0 Å². The van der Waals surface area contributed by atoms with Gasteiger partial charge < -0.3 is 0 Å². The Morgan fingerprint density at radius 1 is 1.24 bits per heavy atom. The molecule has 8 heteroatoms. The normalized spacial score (nSPS) is 12.2. The van der Waals surface area contributed by atoms with Gasteiger partial charge in [-0.1, -0.05) is 34.8 Å². The number of hydrogen-bond acceptors (Lipinski definition) is 2. The van der Waals surface area contributed by atoms with Gasteiger partial charge in [0.05, 0.1) is 0 Å². The van der Waals surface area contributed by atoms with E-state index in [-0.39, 0.29) is 16.2 Å². The van der Waals surface area contributed by atoms with Crippen molar-refractivity contribution in [1.29, 1.82) is 0 Å². The van der Waals surface area contributed by atoms with Gasteiger partial charge in [-0.2, -0.15) is 0 Å². The fourth-order valence-corrected chi connectivity index (χ4v) is 2.42. The lowest BCUT2D eigenvalue weighted by molar-refractivity contribution is 0.500. The first kappa shape index (κ1) is 15.1. The van der Waals surface area contributed by atoms with Crippen molar-refractivity contribution in [3.05, 3.63) is 31.0 Å². The Labute approximate surface area is 121 Å². The van der Waals surface area contributed by atoms with Crippen LogP contribution < -0.4 is 11.2 Å². The lowest BCUT2D eigenvalue weighted by atomic mass is 10.3. The van der Waals surface area contributed by atoms with Gasteiger partial charge in [0, 0.05) is 11.7 Å². The smallest absolute Gasteiger partial charge is 0.268 e. The molecule has 1 aromatic heterocycles. The molecule has 0 saturated carbocycles. The van der Waals surface area contributed by atoms with E-state index in [1.54, 1.807) is 13.8 Å². The van der Waals surface area contributed by atoms with E-state index < -0.39 is 15.2 Å². The molecule has 0 N–H and O–H groups in total. The van der Waals surface area contributed by atoms with E-state index in [1.807, 2.05) is 0 Å². The van der Waals surface area contributed by atoms with Crippen LogP contribution in [0.1, 0.15) is 25.6 Å². The Balaban J connectivity index is 3.89. The second kappa shape index (κ2) is 4.96. The van der Waals surface area contributed by atoms with Crippen LogP contribution in [0.15, 0.2) is 14.1 Å². The molecule has 0 bridgehead atoms. The topological polar surface area (TPSA) is 44.0 Å². The number of alkyl halides is 3. The summed E-state index contributed by atoms with van der Waals surface area (Å²) in [6, 6.07) is -0.328. The van der Waals surface area contributed by atoms with Crippen LogP contribution in [-0.2, 0) is 3.92 Å². The maximum Gasteiger partial charge on any atom is 0.334 e. The SMILES string of the molecule is Cc1c(Br)c(=O)n(C(C)C)c(=O)n1C(Cl)(Cl)Cl. The summed E-state index contributed by atoms with van der Waals surface area (Å²) in [5, 5.41) is 0. The average molecular weight is 364 g/mol. The van der Waals surface area contributed by atoms with Crippen LogP contribution in [0.25, 0.3) is 0 Å². The minimum atomic E-state index is -1.94. The first-order chi connectivity index (χ1) is 7.59. The zero-order chi connectivity index (χ0) is 13.5. The fourth-order valence-electron chi connectivity index (χ4n) is 1.45. The van der Waals surface area contributed by atoms with Crippen molar-refractivity contribution in [2.75, 3.05) is 0 Å². The average Bonchev–Trinajstić information content (AvgIpc) is 2.11. The lowest BCUT2D eigenvalue weighted by Crippen LogP contribution is -2.45. The Morgan fingerprint density at radius 2 is 1.71 bits per heavy atom. The molecule has 96 valence electrons. The van der Waals surface area contributed by atoms with E-state index >= 15 is 0 Å². The Bertz CT molecular complexity index is 557. The highest BCUT2D eigenvalue weighted by Crippen LogP contribution is 2.32. The highest BCUT2D eigenvalue weighted by Gasteiger charge is 2.29. The van der Waals surface area contributed by atoms with Crippen LogP contribution in [0.3, 0.4) is 0 Å². The van der Waals surface area contributed by atoms with Gasteiger partial charge in [0.15, 0.2) is 0 Å². The van der Waals surface area contributed by atoms with Crippen molar-refractivity contribution in [1.82, 2.24) is 9.13 Å². The summed E-state index contributed by atoms with van der Waals surface area (Å²) in [5.74, 6) is 0. The molecule has 0 saturated heterocycles. The highest BCUT2D eigenvalue weighted by atomic mass is 79.9. The maximum absolute atomic E-state index is 12.1. The summed E-state index contributed by atoms with van der Waals surface area (Å²) in [5.41, 5.74) is -0.810. The van der Waals surface area contributed by atoms with Crippen LogP contribution in [0, 0.1) is 6.92 Å². The van der Waals surface area contributed by atoms with Gasteiger partial charge >= 0.3 is 5.69 Å². The van der Waals surface area contributed by atoms with Crippen molar-refractivity contribution in [2.24, 2.45) is 0 Å². The first-order valence-electron chi connectivity index (χ1n) is 4.70. The molecule has 1 aromatic rings. The highest BCUT2D eigenvalue weighted by molar-refractivity contribution is 9.10. The largest absolute Gasteiger partial charge is 0.334 e. The molecule has 1 rings (SSSR count). The van der Waals surface area contributed by atoms with E-state index in [0.29, 0.717) is 0 Å². The molecule has 17 heavy (non-hydrogen) atoms. The zero-order valence-electron chi connectivity index (χ0n) is 9.30. The van der Waals surface area contributed by atoms with Gasteiger partial charge in [-0.05, 0) is 36.7 Å². The molecule has 1 heterocycles. The van der Waals surface area contributed by atoms with Crippen LogP contribution in [0.5, 0.6) is 0 Å². The van der Waals surface area contributed by atoms with Gasteiger partial charge in [0.1, 0.15) is 4.47 Å². The summed E-state index contributed by atoms with van der Waals surface area (Å²) >= 11 is 20.3. The summed E-state index contributed by atoms with van der Waals surface area (Å²) in [6.07, 6.45) is 0. The quantitative estimate of drug-likeness (QED) is 0.719. The lowest BCUT2D eigenvalue weighted by Gasteiger charge is -2.21. The fraction of sp³-hybridized carbons (Fsp3) is 0.556. The Hall–Kier alpha value is 0.0300. The molecule has 4 nitrogen and oxygen atoms in total. The first-order valence-corrected chi connectivity index (χ1v) is 6.62. The van der Waals surface area contributed by atoms with Gasteiger partial charge in [-0.3, -0.25) is 13.9 Å². The number of nitrogens with zero attached hydrogens (tertiary/aromatic N) is 2. The Morgan fingerprint density at radius 3 is 2.06 bits per heavy atom. The third-order valence-electron chi connectivity index (χ3n) is 2.23. The molecule has 0 aliphatic carbocycles. The molecule has 0 radical (unpaired) electrons. The van der Waals surface area contributed by atoms with Gasteiger partial charge in [-0.15, -0.1) is 0 Å². The molecular formula is C9H10BrCl3N2O2. The van der Waals surface area contributed by atoms with Crippen LogP contribution in [-0.4, -0.2) is 9.13 Å². The third-order valence-corrected chi connectivity index (χ3v) is 3.65. The second-order valence-corrected chi connectivity index (χ2v) is 6.77. The molecule has 0 atom stereocenters. The summed E-state index contributed by atoms with van der Waals surface area (Å²) in [6.45, 7) is 4.93. The van der Waals surface area contributed by atoms with Gasteiger partial charge in [0.25, 0.3) is 9.48 Å². The monoisotopic (exact) mass is 362 g/mol. The number of rotatable bonds is 1. The van der Waals surface area contributed by atoms with E-state index in [1.165, 1.54) is 6.92 Å². The van der Waals surface area contributed by atoms with Crippen LogP contribution in [0.2, 0.25) is 0 Å². The molecule has 0 amide bonds. The van der Waals surface area contributed by atoms with Gasteiger partial charge in [-0.25, -0.2) is 4.79 Å². The minimum absolute atomic E-state index is 0.206. The standard InChI is InChI=1S/C9H10BrCl3N2O2/c1-4(2)14-7(16)6(10)5(3)15(8(14)17)9(11,12)13/h4H,1-3H3. The molecule has 0 aliphatic heterocycles. The minimum Gasteiger partial charge on any atom is -0.268 e. The zero-order valence-corrected chi connectivity index (χ0v) is 13.2. The molecule has 0 fully saturated rings. The summed E-state index contributed by atoms with van der Waals surface area (Å²) in [4.78, 5) is 24.0. The molecule has 0 spiro atoms. The van der Waals surface area contributed by atoms with Crippen LogP contribution in [0.4, 0.5) is 0 Å². The number of halogens is 4.